The van der Waals surface area contributed by atoms with Crippen LogP contribution in [0.3, 0.4) is 0 Å². The smallest absolute Gasteiger partial charge is 0.237 e. The molecule has 5 heteroatoms. The van der Waals surface area contributed by atoms with Crippen molar-refractivity contribution >= 4 is 17.5 Å². The molecule has 2 N–H and O–H groups in total. The van der Waals surface area contributed by atoms with Crippen molar-refractivity contribution < 1.29 is 9.90 Å². The molecule has 3 atom stereocenters. The van der Waals surface area contributed by atoms with E-state index in [1.54, 1.807) is 0 Å². The summed E-state index contributed by atoms with van der Waals surface area (Å²) in [6, 6.07) is 7.28. The first-order chi connectivity index (χ1) is 10.5. The number of nitrogens with zero attached hydrogens (tertiary/aromatic N) is 1. The standard InChI is InChI=1S/C17H25ClN2O2/c1-12(20(2)11-14-7-5-9-16(14)21)17(22)19-10-13-6-3-4-8-15(13)18/h3-4,6,8,12,14,16,21H,5,7,9-11H2,1-2H3,(H,19,22). The van der Waals surface area contributed by atoms with Gasteiger partial charge in [0.2, 0.25) is 5.91 Å². The molecule has 4 nitrogen and oxygen atoms in total. The highest BCUT2D eigenvalue weighted by atomic mass is 35.5. The number of benzene rings is 1. The molecule has 2 rings (SSSR count). The van der Waals surface area contributed by atoms with E-state index in [9.17, 15) is 9.90 Å². The van der Waals surface area contributed by atoms with E-state index in [0.29, 0.717) is 11.6 Å². The number of hydrogen-bond acceptors (Lipinski definition) is 3. The van der Waals surface area contributed by atoms with Crippen LogP contribution >= 0.6 is 11.6 Å². The normalized spacial score (nSPS) is 22.8. The van der Waals surface area contributed by atoms with Gasteiger partial charge in [-0.1, -0.05) is 36.2 Å². The number of nitrogens with one attached hydrogen (secondary N) is 1. The van der Waals surface area contributed by atoms with Crippen LogP contribution in [0.5, 0.6) is 0 Å². The first kappa shape index (κ1) is 17.3. The summed E-state index contributed by atoms with van der Waals surface area (Å²) >= 11 is 6.09. The quantitative estimate of drug-likeness (QED) is 0.845. The topological polar surface area (TPSA) is 52.6 Å². The molecule has 1 amide bonds. The van der Waals surface area contributed by atoms with Gasteiger partial charge in [0.05, 0.1) is 12.1 Å². The molecule has 1 aromatic rings. The summed E-state index contributed by atoms with van der Waals surface area (Å²) in [4.78, 5) is 14.3. The zero-order valence-corrected chi connectivity index (χ0v) is 14.0. The maximum Gasteiger partial charge on any atom is 0.237 e. The number of carbonyl (C=O) groups excluding carboxylic acids is 1. The SMILES string of the molecule is CC(C(=O)NCc1ccccc1Cl)N(C)CC1CCCC1O. The van der Waals surface area contributed by atoms with Crippen molar-refractivity contribution in [3.05, 3.63) is 34.9 Å². The van der Waals surface area contributed by atoms with Crippen molar-refractivity contribution in [2.45, 2.75) is 44.9 Å². The van der Waals surface area contributed by atoms with Gasteiger partial charge in [-0.25, -0.2) is 0 Å². The molecular formula is C17H25ClN2O2. The maximum absolute atomic E-state index is 12.3. The van der Waals surface area contributed by atoms with E-state index in [1.165, 1.54) is 0 Å². The molecule has 122 valence electrons. The van der Waals surface area contributed by atoms with E-state index in [-0.39, 0.29) is 24.0 Å². The minimum absolute atomic E-state index is 0.0186. The van der Waals surface area contributed by atoms with E-state index in [4.69, 9.17) is 11.6 Å². The first-order valence-corrected chi connectivity index (χ1v) is 8.26. The highest BCUT2D eigenvalue weighted by Gasteiger charge is 2.28. The van der Waals surface area contributed by atoms with E-state index in [0.717, 1.165) is 31.4 Å². The minimum atomic E-state index is -0.227. The van der Waals surface area contributed by atoms with Gasteiger partial charge in [-0.2, -0.15) is 0 Å². The summed E-state index contributed by atoms with van der Waals surface area (Å²) in [6.07, 6.45) is 2.78. The number of amides is 1. The maximum atomic E-state index is 12.3. The molecule has 22 heavy (non-hydrogen) atoms. The minimum Gasteiger partial charge on any atom is -0.393 e. The third-order valence-corrected chi connectivity index (χ3v) is 4.96. The molecule has 0 heterocycles. The Morgan fingerprint density at radius 1 is 1.45 bits per heavy atom. The average Bonchev–Trinajstić information content (AvgIpc) is 2.90. The molecule has 0 bridgehead atoms. The van der Waals surface area contributed by atoms with Gasteiger partial charge in [0, 0.05) is 18.1 Å². The van der Waals surface area contributed by atoms with Crippen molar-refractivity contribution in [1.82, 2.24) is 10.2 Å². The molecular weight excluding hydrogens is 300 g/mol. The number of likely N-dealkylation sites (N-methyl/N-ethyl adjacent to an activating group) is 1. The highest BCUT2D eigenvalue weighted by molar-refractivity contribution is 6.31. The molecule has 1 aliphatic carbocycles. The van der Waals surface area contributed by atoms with E-state index in [2.05, 4.69) is 5.32 Å². The lowest BCUT2D eigenvalue weighted by Crippen LogP contribution is -2.45. The van der Waals surface area contributed by atoms with E-state index in [1.807, 2.05) is 43.1 Å². The zero-order chi connectivity index (χ0) is 16.1. The van der Waals surface area contributed by atoms with Gasteiger partial charge in [0.1, 0.15) is 0 Å². The molecule has 1 fully saturated rings. The summed E-state index contributed by atoms with van der Waals surface area (Å²) in [5.41, 5.74) is 0.915. The van der Waals surface area contributed by atoms with E-state index >= 15 is 0 Å². The van der Waals surface area contributed by atoms with Gasteiger partial charge < -0.3 is 10.4 Å². The van der Waals surface area contributed by atoms with Crippen LogP contribution in [0, 0.1) is 5.92 Å². The summed E-state index contributed by atoms with van der Waals surface area (Å²) in [5, 5.41) is 13.5. The first-order valence-electron chi connectivity index (χ1n) is 7.88. The lowest BCUT2D eigenvalue weighted by atomic mass is 10.0. The van der Waals surface area contributed by atoms with Crippen LogP contribution in [0.2, 0.25) is 5.02 Å². The predicted molar refractivity (Wildman–Crippen MR) is 88.7 cm³/mol. The second-order valence-corrected chi connectivity index (χ2v) is 6.59. The summed E-state index contributed by atoms with van der Waals surface area (Å²) < 4.78 is 0. The molecule has 3 unspecified atom stereocenters. The van der Waals surface area contributed by atoms with Crippen molar-refractivity contribution in [2.24, 2.45) is 5.92 Å². The van der Waals surface area contributed by atoms with Gasteiger partial charge in [0.15, 0.2) is 0 Å². The van der Waals surface area contributed by atoms with Crippen LogP contribution in [0.15, 0.2) is 24.3 Å². The Hall–Kier alpha value is -1.10. The molecule has 1 saturated carbocycles. The van der Waals surface area contributed by atoms with Crippen LogP contribution < -0.4 is 5.32 Å². The lowest BCUT2D eigenvalue weighted by molar-refractivity contribution is -0.125. The Labute approximate surface area is 137 Å². The van der Waals surface area contributed by atoms with Crippen molar-refractivity contribution in [3.8, 4) is 0 Å². The van der Waals surface area contributed by atoms with Gasteiger partial charge >= 0.3 is 0 Å². The lowest BCUT2D eigenvalue weighted by Gasteiger charge is -2.28. The van der Waals surface area contributed by atoms with Gasteiger partial charge in [-0.3, -0.25) is 9.69 Å². The molecule has 0 saturated heterocycles. The average molecular weight is 325 g/mol. The van der Waals surface area contributed by atoms with Crippen LogP contribution in [0.1, 0.15) is 31.7 Å². The fourth-order valence-corrected chi connectivity index (χ4v) is 3.13. The van der Waals surface area contributed by atoms with Crippen molar-refractivity contribution in [1.29, 1.82) is 0 Å². The third kappa shape index (κ3) is 4.45. The number of carbonyl (C=O) groups is 1. The fraction of sp³-hybridized carbons (Fsp3) is 0.588. The van der Waals surface area contributed by atoms with Crippen LogP contribution in [0.25, 0.3) is 0 Å². The van der Waals surface area contributed by atoms with Crippen LogP contribution in [0.4, 0.5) is 0 Å². The van der Waals surface area contributed by atoms with Crippen LogP contribution in [-0.2, 0) is 11.3 Å². The Balaban J connectivity index is 1.82. The number of aliphatic hydroxyl groups is 1. The van der Waals surface area contributed by atoms with Gasteiger partial charge in [-0.15, -0.1) is 0 Å². The third-order valence-electron chi connectivity index (χ3n) is 4.59. The highest BCUT2D eigenvalue weighted by Crippen LogP contribution is 2.26. The van der Waals surface area contributed by atoms with Crippen molar-refractivity contribution in [2.75, 3.05) is 13.6 Å². The number of hydrogen-bond donors (Lipinski definition) is 2. The second-order valence-electron chi connectivity index (χ2n) is 6.18. The molecule has 0 aromatic heterocycles. The summed E-state index contributed by atoms with van der Waals surface area (Å²) in [5.74, 6) is 0.263. The number of halogens is 1. The Bertz CT molecular complexity index is 509. The Morgan fingerprint density at radius 3 is 2.82 bits per heavy atom. The molecule has 1 aliphatic rings. The number of rotatable bonds is 6. The zero-order valence-electron chi connectivity index (χ0n) is 13.3. The molecule has 1 aromatic carbocycles. The van der Waals surface area contributed by atoms with Gasteiger partial charge in [-0.05, 0) is 44.4 Å². The van der Waals surface area contributed by atoms with E-state index < -0.39 is 0 Å². The molecule has 0 radical (unpaired) electrons. The Kier molecular flexibility index (Phi) is 6.24. The second kappa shape index (κ2) is 7.95. The summed E-state index contributed by atoms with van der Waals surface area (Å²) in [7, 11) is 1.94. The monoisotopic (exact) mass is 324 g/mol. The van der Waals surface area contributed by atoms with Crippen LogP contribution in [-0.4, -0.2) is 41.7 Å². The Morgan fingerprint density at radius 2 is 2.18 bits per heavy atom. The molecule has 0 spiro atoms. The largest absolute Gasteiger partial charge is 0.393 e. The van der Waals surface area contributed by atoms with Gasteiger partial charge in [0.25, 0.3) is 0 Å². The molecule has 0 aliphatic heterocycles. The summed E-state index contributed by atoms with van der Waals surface area (Å²) in [6.45, 7) is 3.08. The number of aliphatic hydroxyl groups excluding tert-OH is 1. The fourth-order valence-electron chi connectivity index (χ4n) is 2.93. The van der Waals surface area contributed by atoms with Crippen molar-refractivity contribution in [3.63, 3.8) is 0 Å². The predicted octanol–water partition coefficient (Wildman–Crippen LogP) is 2.44.